The molecule has 1 amide bonds. The van der Waals surface area contributed by atoms with Crippen LogP contribution in [0, 0.1) is 13.8 Å². The highest BCUT2D eigenvalue weighted by molar-refractivity contribution is 6.35. The first-order chi connectivity index (χ1) is 13.4. The van der Waals surface area contributed by atoms with E-state index < -0.39 is 0 Å². The van der Waals surface area contributed by atoms with Crippen LogP contribution in [0.5, 0.6) is 5.75 Å². The van der Waals surface area contributed by atoms with Crippen molar-refractivity contribution in [1.29, 1.82) is 0 Å². The number of para-hydroxylation sites is 1. The summed E-state index contributed by atoms with van der Waals surface area (Å²) in [6, 6.07) is 12.4. The molecule has 3 rings (SSSR count). The van der Waals surface area contributed by atoms with Gasteiger partial charge in [0.15, 0.2) is 0 Å². The molecule has 28 heavy (non-hydrogen) atoms. The van der Waals surface area contributed by atoms with Gasteiger partial charge in [-0.25, -0.2) is 0 Å². The van der Waals surface area contributed by atoms with Crippen molar-refractivity contribution in [3.63, 3.8) is 0 Å². The Hall–Kier alpha value is -2.50. The maximum absolute atomic E-state index is 13.0. The van der Waals surface area contributed by atoms with E-state index in [2.05, 4.69) is 5.16 Å². The average Bonchev–Trinajstić information content (AvgIpc) is 2.99. The minimum atomic E-state index is -0.155. The van der Waals surface area contributed by atoms with Crippen LogP contribution in [0.4, 0.5) is 0 Å². The van der Waals surface area contributed by atoms with Crippen LogP contribution in [0.15, 0.2) is 47.0 Å². The van der Waals surface area contributed by atoms with E-state index in [4.69, 9.17) is 32.5 Å². The number of halogens is 2. The second-order valence-corrected chi connectivity index (χ2v) is 7.33. The lowest BCUT2D eigenvalue weighted by molar-refractivity contribution is 0.0779. The van der Waals surface area contributed by atoms with Crippen LogP contribution in [0.2, 0.25) is 10.0 Å². The molecule has 0 radical (unpaired) electrons. The summed E-state index contributed by atoms with van der Waals surface area (Å²) in [5.74, 6) is 1.04. The quantitative estimate of drug-likeness (QED) is 0.533. The Bertz CT molecular complexity index is 982. The molecule has 0 saturated heterocycles. The van der Waals surface area contributed by atoms with Crippen LogP contribution in [-0.4, -0.2) is 23.0 Å². The Morgan fingerprint density at radius 1 is 1.18 bits per heavy atom. The van der Waals surface area contributed by atoms with E-state index in [9.17, 15) is 4.79 Å². The highest BCUT2D eigenvalue weighted by atomic mass is 35.5. The van der Waals surface area contributed by atoms with Gasteiger partial charge in [-0.15, -0.1) is 0 Å². The fourth-order valence-corrected chi connectivity index (χ4v) is 3.27. The molecule has 1 heterocycles. The van der Waals surface area contributed by atoms with E-state index in [-0.39, 0.29) is 12.5 Å². The lowest BCUT2D eigenvalue weighted by Gasteiger charge is -2.19. The van der Waals surface area contributed by atoms with Gasteiger partial charge in [0.1, 0.15) is 18.1 Å². The number of ether oxygens (including phenoxy) is 1. The van der Waals surface area contributed by atoms with Gasteiger partial charge in [-0.2, -0.15) is 0 Å². The predicted molar refractivity (Wildman–Crippen MR) is 109 cm³/mol. The van der Waals surface area contributed by atoms with Crippen molar-refractivity contribution < 1.29 is 14.1 Å². The van der Waals surface area contributed by atoms with Crippen molar-refractivity contribution in [3.05, 3.63) is 80.7 Å². The number of aryl methyl sites for hydroxylation is 2. The first kappa shape index (κ1) is 20.2. The molecular formula is C21H20Cl2N2O3. The summed E-state index contributed by atoms with van der Waals surface area (Å²) in [5, 5.41) is 5.02. The molecule has 7 heteroatoms. The van der Waals surface area contributed by atoms with Gasteiger partial charge < -0.3 is 14.2 Å². The van der Waals surface area contributed by atoms with E-state index in [1.165, 1.54) is 0 Å². The molecule has 0 bridgehead atoms. The highest BCUT2D eigenvalue weighted by Crippen LogP contribution is 2.25. The summed E-state index contributed by atoms with van der Waals surface area (Å²) in [6.45, 7) is 4.32. The number of nitrogens with zero attached hydrogens (tertiary/aromatic N) is 2. The third-order valence-electron chi connectivity index (χ3n) is 4.44. The predicted octanol–water partition coefficient (Wildman–Crippen LogP) is 5.45. The normalized spacial score (nSPS) is 10.8. The Labute approximate surface area is 173 Å². The molecule has 0 spiro atoms. The molecule has 0 N–H and O–H groups in total. The van der Waals surface area contributed by atoms with E-state index in [0.29, 0.717) is 33.7 Å². The van der Waals surface area contributed by atoms with Crippen molar-refractivity contribution >= 4 is 29.1 Å². The molecule has 0 aliphatic carbocycles. The molecule has 0 fully saturated rings. The fraction of sp³-hybridized carbons (Fsp3) is 0.238. The van der Waals surface area contributed by atoms with Gasteiger partial charge in [-0.05, 0) is 38.1 Å². The molecule has 146 valence electrons. The fourth-order valence-electron chi connectivity index (χ4n) is 2.81. The number of hydrogen-bond donors (Lipinski definition) is 0. The van der Waals surface area contributed by atoms with Gasteiger partial charge in [-0.1, -0.05) is 46.6 Å². The molecule has 0 saturated carbocycles. The largest absolute Gasteiger partial charge is 0.488 e. The summed E-state index contributed by atoms with van der Waals surface area (Å²) in [5.41, 5.74) is 2.94. The van der Waals surface area contributed by atoms with Crippen LogP contribution >= 0.6 is 23.2 Å². The zero-order valence-electron chi connectivity index (χ0n) is 15.8. The Kier molecular flexibility index (Phi) is 6.27. The zero-order chi connectivity index (χ0) is 20.3. The molecule has 0 aliphatic rings. The summed E-state index contributed by atoms with van der Waals surface area (Å²) < 4.78 is 11.1. The van der Waals surface area contributed by atoms with Gasteiger partial charge in [0.2, 0.25) is 0 Å². The Morgan fingerprint density at radius 3 is 2.61 bits per heavy atom. The van der Waals surface area contributed by atoms with Gasteiger partial charge in [0.25, 0.3) is 5.91 Å². The van der Waals surface area contributed by atoms with Crippen LogP contribution in [-0.2, 0) is 13.2 Å². The summed E-state index contributed by atoms with van der Waals surface area (Å²) in [7, 11) is 1.74. The molecule has 0 aliphatic heterocycles. The highest BCUT2D eigenvalue weighted by Gasteiger charge is 2.20. The van der Waals surface area contributed by atoms with Crippen LogP contribution in [0.3, 0.4) is 0 Å². The third-order valence-corrected chi connectivity index (χ3v) is 5.03. The van der Waals surface area contributed by atoms with Crippen molar-refractivity contribution in [2.24, 2.45) is 0 Å². The summed E-state index contributed by atoms with van der Waals surface area (Å²) in [4.78, 5) is 14.6. The molecule has 3 aromatic rings. The molecule has 0 atom stereocenters. The van der Waals surface area contributed by atoms with Crippen molar-refractivity contribution in [2.45, 2.75) is 27.0 Å². The average molecular weight is 419 g/mol. The Balaban J connectivity index is 1.76. The number of carbonyl (C=O) groups excluding carboxylic acids is 1. The van der Waals surface area contributed by atoms with Crippen LogP contribution < -0.4 is 4.74 Å². The SMILES string of the molecule is Cc1noc(C)c1CN(C)C(=O)c1ccccc1OCc1ccc(Cl)cc1Cl. The number of amides is 1. The van der Waals surface area contributed by atoms with Gasteiger partial charge >= 0.3 is 0 Å². The van der Waals surface area contributed by atoms with Crippen molar-refractivity contribution in [3.8, 4) is 5.75 Å². The maximum Gasteiger partial charge on any atom is 0.257 e. The zero-order valence-corrected chi connectivity index (χ0v) is 17.3. The maximum atomic E-state index is 13.0. The van der Waals surface area contributed by atoms with E-state index in [0.717, 1.165) is 16.8 Å². The number of aromatic nitrogens is 1. The minimum Gasteiger partial charge on any atom is -0.488 e. The number of carbonyl (C=O) groups is 1. The number of rotatable bonds is 6. The molecule has 5 nitrogen and oxygen atoms in total. The topological polar surface area (TPSA) is 55.6 Å². The molecular weight excluding hydrogens is 399 g/mol. The van der Waals surface area contributed by atoms with E-state index in [1.807, 2.05) is 19.9 Å². The molecule has 2 aromatic carbocycles. The Morgan fingerprint density at radius 2 is 1.93 bits per heavy atom. The number of hydrogen-bond acceptors (Lipinski definition) is 4. The minimum absolute atomic E-state index is 0.155. The smallest absolute Gasteiger partial charge is 0.257 e. The molecule has 1 aromatic heterocycles. The second kappa shape index (κ2) is 8.67. The van der Waals surface area contributed by atoms with Crippen molar-refractivity contribution in [2.75, 3.05) is 7.05 Å². The lowest BCUT2D eigenvalue weighted by Crippen LogP contribution is -2.27. The standard InChI is InChI=1S/C21H20Cl2N2O3/c1-13-18(14(2)28-24-13)11-25(3)21(26)17-6-4-5-7-20(17)27-12-15-8-9-16(22)10-19(15)23/h4-10H,11-12H2,1-3H3. The van der Waals surface area contributed by atoms with E-state index >= 15 is 0 Å². The van der Waals surface area contributed by atoms with E-state index in [1.54, 1.807) is 48.3 Å². The van der Waals surface area contributed by atoms with Gasteiger partial charge in [0, 0.05) is 28.2 Å². The monoisotopic (exact) mass is 418 g/mol. The van der Waals surface area contributed by atoms with Crippen molar-refractivity contribution in [1.82, 2.24) is 10.1 Å². The summed E-state index contributed by atoms with van der Waals surface area (Å²) >= 11 is 12.1. The van der Waals surface area contributed by atoms with Gasteiger partial charge in [0.05, 0.1) is 17.8 Å². The number of benzene rings is 2. The second-order valence-electron chi connectivity index (χ2n) is 6.48. The first-order valence-electron chi connectivity index (χ1n) is 8.69. The van der Waals surface area contributed by atoms with Crippen LogP contribution in [0.1, 0.15) is 32.9 Å². The van der Waals surface area contributed by atoms with Crippen LogP contribution in [0.25, 0.3) is 0 Å². The van der Waals surface area contributed by atoms with Gasteiger partial charge in [-0.3, -0.25) is 4.79 Å². The first-order valence-corrected chi connectivity index (χ1v) is 9.45. The third kappa shape index (κ3) is 4.49. The molecule has 0 unspecified atom stereocenters. The summed E-state index contributed by atoms with van der Waals surface area (Å²) in [6.07, 6.45) is 0. The lowest BCUT2D eigenvalue weighted by atomic mass is 10.1.